The van der Waals surface area contributed by atoms with Crippen LogP contribution in [0.25, 0.3) is 0 Å². The molecule has 136 valence electrons. The van der Waals surface area contributed by atoms with E-state index < -0.39 is 0 Å². The second-order valence-electron chi connectivity index (χ2n) is 7.51. The Hall–Kier alpha value is -1.92. The van der Waals surface area contributed by atoms with Crippen molar-refractivity contribution in [3.8, 4) is 5.75 Å². The summed E-state index contributed by atoms with van der Waals surface area (Å²) in [6, 6.07) is 10.2. The van der Waals surface area contributed by atoms with Crippen LogP contribution in [0.4, 0.5) is 0 Å². The summed E-state index contributed by atoms with van der Waals surface area (Å²) in [7, 11) is 0. The number of hydrogen-bond acceptors (Lipinski definition) is 5. The van der Waals surface area contributed by atoms with Gasteiger partial charge in [-0.05, 0) is 39.8 Å². The van der Waals surface area contributed by atoms with E-state index in [1.54, 1.807) is 6.33 Å². The molecule has 0 N–H and O–H groups in total. The molecule has 1 unspecified atom stereocenters. The summed E-state index contributed by atoms with van der Waals surface area (Å²) < 4.78 is 14.1. The first kappa shape index (κ1) is 17.9. The highest BCUT2D eigenvalue weighted by Crippen LogP contribution is 2.23. The fraction of sp³-hybridized carbons (Fsp3) is 0.579. The molecule has 0 saturated carbocycles. The molecule has 1 aromatic heterocycles. The number of para-hydroxylation sites is 1. The maximum Gasteiger partial charge on any atom is 0.141 e. The predicted octanol–water partition coefficient (Wildman–Crippen LogP) is 2.92. The van der Waals surface area contributed by atoms with Gasteiger partial charge in [0.05, 0.1) is 12.1 Å². The molecule has 6 heteroatoms. The molecular formula is C19H28N4O2. The van der Waals surface area contributed by atoms with E-state index in [1.807, 2.05) is 35.0 Å². The topological polar surface area (TPSA) is 52.4 Å². The second-order valence-corrected chi connectivity index (χ2v) is 7.51. The van der Waals surface area contributed by atoms with E-state index in [1.165, 1.54) is 0 Å². The second kappa shape index (κ2) is 7.54. The molecule has 2 heterocycles. The van der Waals surface area contributed by atoms with Gasteiger partial charge in [0.25, 0.3) is 0 Å². The highest BCUT2D eigenvalue weighted by molar-refractivity contribution is 5.20. The Labute approximate surface area is 149 Å². The number of nitrogens with zero attached hydrogens (tertiary/aromatic N) is 4. The SMILES string of the molecule is CC(C)n1ncnc1CN1CC(COc2ccccc2)OC(C)(C)C1. The number of ether oxygens (including phenoxy) is 2. The van der Waals surface area contributed by atoms with Gasteiger partial charge in [-0.3, -0.25) is 4.90 Å². The van der Waals surface area contributed by atoms with Crippen LogP contribution in [0.2, 0.25) is 0 Å². The van der Waals surface area contributed by atoms with Crippen molar-refractivity contribution in [1.29, 1.82) is 0 Å². The quantitative estimate of drug-likeness (QED) is 0.806. The molecule has 0 spiro atoms. The summed E-state index contributed by atoms with van der Waals surface area (Å²) in [5, 5.41) is 4.34. The van der Waals surface area contributed by atoms with Gasteiger partial charge in [0.1, 0.15) is 30.6 Å². The van der Waals surface area contributed by atoms with Crippen LogP contribution in [0.5, 0.6) is 5.75 Å². The first-order valence-corrected chi connectivity index (χ1v) is 8.89. The Morgan fingerprint density at radius 3 is 2.76 bits per heavy atom. The summed E-state index contributed by atoms with van der Waals surface area (Å²) in [5.74, 6) is 1.87. The average Bonchev–Trinajstić information content (AvgIpc) is 3.01. The lowest BCUT2D eigenvalue weighted by atomic mass is 10.1. The molecule has 1 saturated heterocycles. The zero-order chi connectivity index (χ0) is 17.9. The van der Waals surface area contributed by atoms with Gasteiger partial charge in [-0.1, -0.05) is 18.2 Å². The van der Waals surface area contributed by atoms with E-state index in [0.717, 1.165) is 31.2 Å². The molecule has 1 aliphatic heterocycles. The molecule has 2 aromatic rings. The normalized spacial score (nSPS) is 20.8. The number of morpholine rings is 1. The van der Waals surface area contributed by atoms with E-state index in [0.29, 0.717) is 12.6 Å². The van der Waals surface area contributed by atoms with Crippen LogP contribution in [-0.4, -0.2) is 51.1 Å². The van der Waals surface area contributed by atoms with Crippen LogP contribution in [0, 0.1) is 0 Å². The van der Waals surface area contributed by atoms with E-state index >= 15 is 0 Å². The van der Waals surface area contributed by atoms with Gasteiger partial charge in [-0.25, -0.2) is 9.67 Å². The zero-order valence-corrected chi connectivity index (χ0v) is 15.6. The number of rotatable bonds is 6. The van der Waals surface area contributed by atoms with Crippen LogP contribution in [-0.2, 0) is 11.3 Å². The van der Waals surface area contributed by atoms with Crippen molar-refractivity contribution >= 4 is 0 Å². The highest BCUT2D eigenvalue weighted by atomic mass is 16.5. The van der Waals surface area contributed by atoms with Crippen LogP contribution >= 0.6 is 0 Å². The minimum atomic E-state index is -0.217. The molecule has 1 atom stereocenters. The molecule has 1 fully saturated rings. The van der Waals surface area contributed by atoms with E-state index in [2.05, 4.69) is 42.7 Å². The predicted molar refractivity (Wildman–Crippen MR) is 96.6 cm³/mol. The monoisotopic (exact) mass is 344 g/mol. The molecule has 1 aliphatic rings. The van der Waals surface area contributed by atoms with Crippen molar-refractivity contribution in [2.45, 2.75) is 52.0 Å². The minimum Gasteiger partial charge on any atom is -0.491 e. The molecule has 1 aromatic carbocycles. The van der Waals surface area contributed by atoms with Crippen molar-refractivity contribution in [3.05, 3.63) is 42.5 Å². The van der Waals surface area contributed by atoms with Crippen molar-refractivity contribution in [2.24, 2.45) is 0 Å². The van der Waals surface area contributed by atoms with Gasteiger partial charge >= 0.3 is 0 Å². The Bertz CT molecular complexity index is 669. The smallest absolute Gasteiger partial charge is 0.141 e. The summed E-state index contributed by atoms with van der Waals surface area (Å²) in [5.41, 5.74) is -0.217. The van der Waals surface area contributed by atoms with E-state index in [9.17, 15) is 0 Å². The van der Waals surface area contributed by atoms with Gasteiger partial charge in [0.15, 0.2) is 0 Å². The zero-order valence-electron chi connectivity index (χ0n) is 15.6. The third-order valence-corrected chi connectivity index (χ3v) is 4.23. The lowest BCUT2D eigenvalue weighted by Crippen LogP contribution is -2.54. The maximum absolute atomic E-state index is 6.21. The summed E-state index contributed by atoms with van der Waals surface area (Å²) in [6.07, 6.45) is 1.66. The number of aromatic nitrogens is 3. The molecule has 3 rings (SSSR count). The van der Waals surface area contributed by atoms with Crippen molar-refractivity contribution in [2.75, 3.05) is 19.7 Å². The first-order chi connectivity index (χ1) is 11.9. The van der Waals surface area contributed by atoms with Crippen molar-refractivity contribution < 1.29 is 9.47 Å². The number of hydrogen-bond donors (Lipinski definition) is 0. The van der Waals surface area contributed by atoms with Gasteiger partial charge in [0, 0.05) is 19.1 Å². The maximum atomic E-state index is 6.21. The first-order valence-electron chi connectivity index (χ1n) is 8.89. The van der Waals surface area contributed by atoms with Gasteiger partial charge in [-0.15, -0.1) is 0 Å². The Balaban J connectivity index is 1.63. The molecule has 6 nitrogen and oxygen atoms in total. The fourth-order valence-corrected chi connectivity index (χ4v) is 3.35. The Morgan fingerprint density at radius 2 is 2.04 bits per heavy atom. The van der Waals surface area contributed by atoms with Crippen LogP contribution < -0.4 is 4.74 Å². The molecule has 0 radical (unpaired) electrons. The Kier molecular flexibility index (Phi) is 5.39. The third kappa shape index (κ3) is 4.80. The minimum absolute atomic E-state index is 0.0272. The molecule has 0 amide bonds. The van der Waals surface area contributed by atoms with Crippen LogP contribution in [0.15, 0.2) is 36.7 Å². The standard InChI is InChI=1S/C19H28N4O2/c1-15(2)23-18(20-14-21-23)11-22-10-17(25-19(3,4)13-22)12-24-16-8-6-5-7-9-16/h5-9,14-15,17H,10-13H2,1-4H3. The van der Waals surface area contributed by atoms with E-state index in [-0.39, 0.29) is 11.7 Å². The van der Waals surface area contributed by atoms with Gasteiger partial charge < -0.3 is 9.47 Å². The highest BCUT2D eigenvalue weighted by Gasteiger charge is 2.34. The largest absolute Gasteiger partial charge is 0.491 e. The summed E-state index contributed by atoms with van der Waals surface area (Å²) >= 11 is 0. The van der Waals surface area contributed by atoms with Crippen molar-refractivity contribution in [3.63, 3.8) is 0 Å². The Morgan fingerprint density at radius 1 is 1.28 bits per heavy atom. The lowest BCUT2D eigenvalue weighted by molar-refractivity contribution is -0.148. The van der Waals surface area contributed by atoms with Gasteiger partial charge in [0.2, 0.25) is 0 Å². The molecule has 0 aliphatic carbocycles. The van der Waals surface area contributed by atoms with E-state index in [4.69, 9.17) is 9.47 Å². The summed E-state index contributed by atoms with van der Waals surface area (Å²) in [4.78, 5) is 6.82. The summed E-state index contributed by atoms with van der Waals surface area (Å²) in [6.45, 7) is 11.5. The molecule has 0 bridgehead atoms. The number of benzene rings is 1. The third-order valence-electron chi connectivity index (χ3n) is 4.23. The molecule has 25 heavy (non-hydrogen) atoms. The van der Waals surface area contributed by atoms with Crippen LogP contribution in [0.1, 0.15) is 39.6 Å². The van der Waals surface area contributed by atoms with Gasteiger partial charge in [-0.2, -0.15) is 5.10 Å². The van der Waals surface area contributed by atoms with Crippen molar-refractivity contribution in [1.82, 2.24) is 19.7 Å². The average molecular weight is 344 g/mol. The van der Waals surface area contributed by atoms with Crippen LogP contribution in [0.3, 0.4) is 0 Å². The molecular weight excluding hydrogens is 316 g/mol. The lowest BCUT2D eigenvalue weighted by Gasteiger charge is -2.42. The fourth-order valence-electron chi connectivity index (χ4n) is 3.35.